The van der Waals surface area contributed by atoms with Gasteiger partial charge in [-0.15, -0.1) is 0 Å². The van der Waals surface area contributed by atoms with Crippen LogP contribution in [-0.4, -0.2) is 39.2 Å². The Kier molecular flexibility index (Phi) is 5.54. The summed E-state index contributed by atoms with van der Waals surface area (Å²) in [7, 11) is 4.39. The van der Waals surface area contributed by atoms with Crippen LogP contribution in [0.5, 0.6) is 23.0 Å². The van der Waals surface area contributed by atoms with Crippen LogP contribution in [-0.2, 0) is 9.53 Å². The lowest BCUT2D eigenvalue weighted by Crippen LogP contribution is -2.24. The van der Waals surface area contributed by atoms with Crippen LogP contribution < -0.4 is 18.9 Å². The van der Waals surface area contributed by atoms with Crippen LogP contribution in [0.3, 0.4) is 0 Å². The molecule has 0 aromatic heterocycles. The minimum absolute atomic E-state index is 0.153. The molecule has 0 fully saturated rings. The maximum Gasteiger partial charge on any atom is 0.346 e. The Balaban J connectivity index is 1.88. The lowest BCUT2D eigenvalue weighted by molar-refractivity contribution is -0.147. The van der Waals surface area contributed by atoms with E-state index in [4.69, 9.17) is 18.9 Å². The molecule has 0 spiro atoms. The number of allylic oxidation sites excluding steroid dienone is 1. The first-order chi connectivity index (χ1) is 13.5. The lowest BCUT2D eigenvalue weighted by Gasteiger charge is -2.12. The summed E-state index contributed by atoms with van der Waals surface area (Å²) >= 11 is 0. The van der Waals surface area contributed by atoms with Crippen molar-refractivity contribution in [1.82, 2.24) is 0 Å². The number of Topliss-reactive ketones (excluding diaryl/α,β-unsaturated/α-hetero) is 1. The first-order valence-corrected chi connectivity index (χ1v) is 8.51. The summed E-state index contributed by atoms with van der Waals surface area (Å²) < 4.78 is 26.4. The van der Waals surface area contributed by atoms with Gasteiger partial charge < -0.3 is 23.7 Å². The number of esters is 1. The molecule has 0 aliphatic carbocycles. The van der Waals surface area contributed by atoms with E-state index in [1.54, 1.807) is 63.6 Å². The lowest BCUT2D eigenvalue weighted by atomic mass is 10.1. The molecule has 3 rings (SSSR count). The van der Waals surface area contributed by atoms with Crippen molar-refractivity contribution < 1.29 is 33.3 Å². The quantitative estimate of drug-likeness (QED) is 0.559. The molecule has 1 atom stereocenters. The summed E-state index contributed by atoms with van der Waals surface area (Å²) in [5, 5.41) is 0. The number of carbonyl (C=O) groups is 2. The SMILES string of the molecule is COC(=O)[C@@H](C)Oc1ccc2c(c1)OC(=Cc1cc(OC)ccc1OC)C2=O. The predicted octanol–water partition coefficient (Wildman–Crippen LogP) is 3.26. The normalized spacial score (nSPS) is 14.9. The zero-order valence-electron chi connectivity index (χ0n) is 16.0. The molecule has 146 valence electrons. The van der Waals surface area contributed by atoms with Crippen LogP contribution in [0.1, 0.15) is 22.8 Å². The van der Waals surface area contributed by atoms with Gasteiger partial charge in [-0.3, -0.25) is 4.79 Å². The van der Waals surface area contributed by atoms with Gasteiger partial charge in [-0.1, -0.05) is 0 Å². The van der Waals surface area contributed by atoms with Gasteiger partial charge in [0.15, 0.2) is 11.9 Å². The highest BCUT2D eigenvalue weighted by Gasteiger charge is 2.28. The van der Waals surface area contributed by atoms with Gasteiger partial charge in [-0.2, -0.15) is 0 Å². The molecule has 2 aromatic carbocycles. The second kappa shape index (κ2) is 8.04. The number of hydrogen-bond donors (Lipinski definition) is 0. The highest BCUT2D eigenvalue weighted by atomic mass is 16.6. The minimum Gasteiger partial charge on any atom is -0.497 e. The van der Waals surface area contributed by atoms with Gasteiger partial charge in [0.2, 0.25) is 5.78 Å². The van der Waals surface area contributed by atoms with Crippen LogP contribution in [0.4, 0.5) is 0 Å². The number of fused-ring (bicyclic) bond motifs is 1. The smallest absolute Gasteiger partial charge is 0.346 e. The molecule has 2 aromatic rings. The van der Waals surface area contributed by atoms with Crippen molar-refractivity contribution in [3.8, 4) is 23.0 Å². The van der Waals surface area contributed by atoms with E-state index in [0.29, 0.717) is 34.1 Å². The number of ether oxygens (including phenoxy) is 5. The Morgan fingerprint density at radius 1 is 1.04 bits per heavy atom. The third kappa shape index (κ3) is 3.78. The van der Waals surface area contributed by atoms with Crippen molar-refractivity contribution >= 4 is 17.8 Å². The summed E-state index contributed by atoms with van der Waals surface area (Å²) in [6, 6.07) is 10.0. The van der Waals surface area contributed by atoms with Crippen molar-refractivity contribution in [3.05, 3.63) is 53.3 Å². The Morgan fingerprint density at radius 3 is 2.46 bits per heavy atom. The van der Waals surface area contributed by atoms with Crippen molar-refractivity contribution in [1.29, 1.82) is 0 Å². The van der Waals surface area contributed by atoms with Gasteiger partial charge in [-0.05, 0) is 43.3 Å². The van der Waals surface area contributed by atoms with Gasteiger partial charge in [-0.25, -0.2) is 4.79 Å². The van der Waals surface area contributed by atoms with Crippen LogP contribution >= 0.6 is 0 Å². The monoisotopic (exact) mass is 384 g/mol. The van der Waals surface area contributed by atoms with Crippen LogP contribution in [0.15, 0.2) is 42.2 Å². The second-order valence-electron chi connectivity index (χ2n) is 5.99. The first kappa shape index (κ1) is 19.3. The molecule has 1 aliphatic rings. The van der Waals surface area contributed by atoms with Crippen LogP contribution in [0.2, 0.25) is 0 Å². The largest absolute Gasteiger partial charge is 0.497 e. The molecule has 28 heavy (non-hydrogen) atoms. The molecule has 1 heterocycles. The number of benzene rings is 2. The Labute approximate surface area is 162 Å². The fourth-order valence-corrected chi connectivity index (χ4v) is 2.75. The standard InChI is InChI=1S/C21H20O7/c1-12(21(23)26-4)27-15-5-7-16-18(11-15)28-19(20(16)22)10-13-9-14(24-2)6-8-17(13)25-3/h5-12H,1-4H3/t12-/m1/s1. The molecular weight excluding hydrogens is 364 g/mol. The molecule has 0 bridgehead atoms. The fraction of sp³-hybridized carbons (Fsp3) is 0.238. The van der Waals surface area contributed by atoms with Crippen LogP contribution in [0, 0.1) is 0 Å². The molecule has 0 radical (unpaired) electrons. The molecule has 0 unspecified atom stereocenters. The van der Waals surface area contributed by atoms with Gasteiger partial charge in [0.25, 0.3) is 0 Å². The molecule has 7 nitrogen and oxygen atoms in total. The van der Waals surface area contributed by atoms with Gasteiger partial charge in [0, 0.05) is 11.6 Å². The maximum absolute atomic E-state index is 12.7. The molecule has 0 saturated carbocycles. The summed E-state index contributed by atoms with van der Waals surface area (Å²) in [6.07, 6.45) is 0.817. The van der Waals surface area contributed by atoms with E-state index >= 15 is 0 Å². The highest BCUT2D eigenvalue weighted by molar-refractivity contribution is 6.14. The van der Waals surface area contributed by atoms with Gasteiger partial charge >= 0.3 is 5.97 Å². The van der Waals surface area contributed by atoms with E-state index in [2.05, 4.69) is 4.74 Å². The zero-order chi connectivity index (χ0) is 20.3. The van der Waals surface area contributed by atoms with E-state index in [9.17, 15) is 9.59 Å². The fourth-order valence-electron chi connectivity index (χ4n) is 2.75. The van der Waals surface area contributed by atoms with E-state index in [1.807, 2.05) is 0 Å². The average Bonchev–Trinajstić information content (AvgIpc) is 3.01. The maximum atomic E-state index is 12.7. The average molecular weight is 384 g/mol. The number of rotatable bonds is 6. The molecular formula is C21H20O7. The summed E-state index contributed by atoms with van der Waals surface area (Å²) in [6.45, 7) is 1.57. The molecule has 0 amide bonds. The van der Waals surface area contributed by atoms with Gasteiger partial charge in [0.1, 0.15) is 23.0 Å². The highest BCUT2D eigenvalue weighted by Crippen LogP contribution is 2.36. The number of ketones is 1. The summed E-state index contributed by atoms with van der Waals surface area (Å²) in [4.78, 5) is 24.2. The summed E-state index contributed by atoms with van der Waals surface area (Å²) in [5.74, 6) is 1.35. The summed E-state index contributed by atoms with van der Waals surface area (Å²) in [5.41, 5.74) is 1.06. The van der Waals surface area contributed by atoms with Crippen molar-refractivity contribution in [2.24, 2.45) is 0 Å². The Bertz CT molecular complexity index is 946. The topological polar surface area (TPSA) is 80.3 Å². The minimum atomic E-state index is -0.781. The van der Waals surface area contributed by atoms with Crippen molar-refractivity contribution in [3.63, 3.8) is 0 Å². The molecule has 1 aliphatic heterocycles. The number of methoxy groups -OCH3 is 3. The van der Waals surface area contributed by atoms with E-state index < -0.39 is 12.1 Å². The molecule has 0 N–H and O–H groups in total. The number of carbonyl (C=O) groups excluding carboxylic acids is 2. The zero-order valence-corrected chi connectivity index (χ0v) is 16.0. The molecule has 7 heteroatoms. The van der Waals surface area contributed by atoms with Gasteiger partial charge in [0.05, 0.1) is 26.9 Å². The van der Waals surface area contributed by atoms with Crippen molar-refractivity contribution in [2.45, 2.75) is 13.0 Å². The Hall–Kier alpha value is -3.48. The second-order valence-corrected chi connectivity index (χ2v) is 5.99. The Morgan fingerprint density at radius 2 is 1.79 bits per heavy atom. The first-order valence-electron chi connectivity index (χ1n) is 8.51. The van der Waals surface area contributed by atoms with Crippen molar-refractivity contribution in [2.75, 3.05) is 21.3 Å². The van der Waals surface area contributed by atoms with E-state index in [-0.39, 0.29) is 11.5 Å². The number of hydrogen-bond acceptors (Lipinski definition) is 7. The molecule has 0 saturated heterocycles. The predicted molar refractivity (Wildman–Crippen MR) is 101 cm³/mol. The van der Waals surface area contributed by atoms with E-state index in [0.717, 1.165) is 0 Å². The third-order valence-corrected chi connectivity index (χ3v) is 4.21. The third-order valence-electron chi connectivity index (χ3n) is 4.21. The van der Waals surface area contributed by atoms with Crippen LogP contribution in [0.25, 0.3) is 6.08 Å². The van der Waals surface area contributed by atoms with E-state index in [1.165, 1.54) is 7.11 Å².